The standard InChI is InChI=1S/C10H19NO4/c1-2-3-7-15-10(14)8-11-6-4-5-9(12)13/h11H,2-8H2,1H3,(H,12,13). The first kappa shape index (κ1) is 13.9. The molecule has 0 unspecified atom stereocenters. The van der Waals surface area contributed by atoms with Crippen molar-refractivity contribution in [3.63, 3.8) is 0 Å². The zero-order valence-electron chi connectivity index (χ0n) is 9.12. The van der Waals surface area contributed by atoms with Gasteiger partial charge in [0.05, 0.1) is 13.2 Å². The summed E-state index contributed by atoms with van der Waals surface area (Å²) in [6, 6.07) is 0. The summed E-state index contributed by atoms with van der Waals surface area (Å²) >= 11 is 0. The summed E-state index contributed by atoms with van der Waals surface area (Å²) in [5.41, 5.74) is 0. The summed E-state index contributed by atoms with van der Waals surface area (Å²) in [6.45, 7) is 3.17. The minimum atomic E-state index is -0.817. The van der Waals surface area contributed by atoms with Gasteiger partial charge < -0.3 is 15.2 Å². The molecule has 88 valence electrons. The molecule has 2 N–H and O–H groups in total. The smallest absolute Gasteiger partial charge is 0.319 e. The number of carboxylic acids is 1. The quantitative estimate of drug-likeness (QED) is 0.441. The summed E-state index contributed by atoms with van der Waals surface area (Å²) in [6.07, 6.45) is 2.53. The lowest BCUT2D eigenvalue weighted by molar-refractivity contribution is -0.142. The van der Waals surface area contributed by atoms with E-state index < -0.39 is 5.97 Å². The van der Waals surface area contributed by atoms with E-state index in [4.69, 9.17) is 9.84 Å². The SMILES string of the molecule is CCCCOC(=O)CNCCCC(=O)O. The van der Waals surface area contributed by atoms with E-state index in [2.05, 4.69) is 5.32 Å². The van der Waals surface area contributed by atoms with E-state index in [1.807, 2.05) is 6.92 Å². The molecular weight excluding hydrogens is 198 g/mol. The molecule has 0 bridgehead atoms. The highest BCUT2D eigenvalue weighted by atomic mass is 16.5. The molecular formula is C10H19NO4. The van der Waals surface area contributed by atoms with Crippen molar-refractivity contribution in [3.8, 4) is 0 Å². The number of unbranched alkanes of at least 4 members (excludes halogenated alkanes) is 1. The molecule has 0 spiro atoms. The van der Waals surface area contributed by atoms with Crippen LogP contribution in [0.2, 0.25) is 0 Å². The molecule has 0 fully saturated rings. The van der Waals surface area contributed by atoms with Crippen molar-refractivity contribution in [1.82, 2.24) is 5.32 Å². The van der Waals surface area contributed by atoms with Gasteiger partial charge in [-0.3, -0.25) is 9.59 Å². The first-order valence-corrected chi connectivity index (χ1v) is 5.25. The highest BCUT2D eigenvalue weighted by molar-refractivity contribution is 5.71. The predicted octanol–water partition coefficient (Wildman–Crippen LogP) is 0.784. The maximum absolute atomic E-state index is 11.0. The van der Waals surface area contributed by atoms with E-state index in [1.165, 1.54) is 0 Å². The van der Waals surface area contributed by atoms with Gasteiger partial charge in [0.2, 0.25) is 0 Å². The van der Waals surface area contributed by atoms with Gasteiger partial charge in [-0.1, -0.05) is 13.3 Å². The first-order chi connectivity index (χ1) is 7.16. The molecule has 0 heterocycles. The summed E-state index contributed by atoms with van der Waals surface area (Å²) in [5.74, 6) is -1.10. The van der Waals surface area contributed by atoms with Crippen LogP contribution in [0.1, 0.15) is 32.6 Å². The van der Waals surface area contributed by atoms with Crippen LogP contribution in [0.15, 0.2) is 0 Å². The van der Waals surface area contributed by atoms with Crippen LogP contribution in [-0.2, 0) is 14.3 Å². The number of ether oxygens (including phenoxy) is 1. The lowest BCUT2D eigenvalue weighted by Crippen LogP contribution is -2.26. The zero-order chi connectivity index (χ0) is 11.5. The third-order valence-electron chi connectivity index (χ3n) is 1.77. The summed E-state index contributed by atoms with van der Waals surface area (Å²) < 4.78 is 4.89. The van der Waals surface area contributed by atoms with Crippen LogP contribution in [0, 0.1) is 0 Å². The van der Waals surface area contributed by atoms with Gasteiger partial charge in [-0.15, -0.1) is 0 Å². The first-order valence-electron chi connectivity index (χ1n) is 5.25. The molecule has 0 atom stereocenters. The molecule has 0 aromatic rings. The van der Waals surface area contributed by atoms with Gasteiger partial charge >= 0.3 is 11.9 Å². The highest BCUT2D eigenvalue weighted by Gasteiger charge is 2.01. The average molecular weight is 217 g/mol. The number of nitrogens with one attached hydrogen (secondary N) is 1. The van der Waals surface area contributed by atoms with Gasteiger partial charge in [0.15, 0.2) is 0 Å². The Kier molecular flexibility index (Phi) is 8.76. The highest BCUT2D eigenvalue weighted by Crippen LogP contribution is 1.89. The van der Waals surface area contributed by atoms with Gasteiger partial charge in [-0.2, -0.15) is 0 Å². The Morgan fingerprint density at radius 2 is 2.07 bits per heavy atom. The maximum atomic E-state index is 11.0. The van der Waals surface area contributed by atoms with Crippen molar-refractivity contribution in [2.75, 3.05) is 19.7 Å². The Balaban J connectivity index is 3.20. The molecule has 0 aliphatic heterocycles. The van der Waals surface area contributed by atoms with Crippen molar-refractivity contribution < 1.29 is 19.4 Å². The molecule has 0 aliphatic rings. The maximum Gasteiger partial charge on any atom is 0.319 e. The Hall–Kier alpha value is -1.10. The molecule has 0 aromatic heterocycles. The van der Waals surface area contributed by atoms with Crippen LogP contribution >= 0.6 is 0 Å². The van der Waals surface area contributed by atoms with Crippen molar-refractivity contribution in [3.05, 3.63) is 0 Å². The van der Waals surface area contributed by atoms with E-state index in [0.29, 0.717) is 19.6 Å². The molecule has 0 rings (SSSR count). The van der Waals surface area contributed by atoms with Gasteiger partial charge in [0, 0.05) is 6.42 Å². The summed E-state index contributed by atoms with van der Waals surface area (Å²) in [5, 5.41) is 11.2. The van der Waals surface area contributed by atoms with Gasteiger partial charge in [0.25, 0.3) is 0 Å². The third-order valence-corrected chi connectivity index (χ3v) is 1.77. The predicted molar refractivity (Wildman–Crippen MR) is 55.6 cm³/mol. The third kappa shape index (κ3) is 10.8. The molecule has 15 heavy (non-hydrogen) atoms. The van der Waals surface area contributed by atoms with E-state index in [9.17, 15) is 9.59 Å². The van der Waals surface area contributed by atoms with E-state index >= 15 is 0 Å². The fourth-order valence-corrected chi connectivity index (χ4v) is 0.936. The molecule has 0 aliphatic carbocycles. The number of hydrogen-bond donors (Lipinski definition) is 2. The van der Waals surface area contributed by atoms with Crippen LogP contribution in [0.3, 0.4) is 0 Å². The summed E-state index contributed by atoms with van der Waals surface area (Å²) in [7, 11) is 0. The topological polar surface area (TPSA) is 75.6 Å². The number of aliphatic carboxylic acids is 1. The van der Waals surface area contributed by atoms with Crippen LogP contribution in [0.5, 0.6) is 0 Å². The monoisotopic (exact) mass is 217 g/mol. The second kappa shape index (κ2) is 9.45. The number of rotatable bonds is 9. The van der Waals surface area contributed by atoms with Crippen molar-refractivity contribution in [1.29, 1.82) is 0 Å². The van der Waals surface area contributed by atoms with Crippen LogP contribution in [0.25, 0.3) is 0 Å². The average Bonchev–Trinajstić information content (AvgIpc) is 2.17. The number of carbonyl (C=O) groups is 2. The Morgan fingerprint density at radius 3 is 2.67 bits per heavy atom. The second-order valence-corrected chi connectivity index (χ2v) is 3.25. The molecule has 5 nitrogen and oxygen atoms in total. The number of carboxylic acid groups (broad SMARTS) is 1. The van der Waals surface area contributed by atoms with Gasteiger partial charge in [-0.05, 0) is 19.4 Å². The van der Waals surface area contributed by atoms with Crippen LogP contribution < -0.4 is 5.32 Å². The molecule has 0 saturated heterocycles. The number of esters is 1. The Labute approximate surface area is 89.8 Å². The number of hydrogen-bond acceptors (Lipinski definition) is 4. The Bertz CT molecular complexity index is 194. The number of carbonyl (C=O) groups excluding carboxylic acids is 1. The molecule has 0 radical (unpaired) electrons. The minimum Gasteiger partial charge on any atom is -0.481 e. The largest absolute Gasteiger partial charge is 0.481 e. The van der Waals surface area contributed by atoms with Crippen LogP contribution in [0.4, 0.5) is 0 Å². The zero-order valence-corrected chi connectivity index (χ0v) is 9.12. The van der Waals surface area contributed by atoms with Crippen molar-refractivity contribution >= 4 is 11.9 Å². The molecule has 5 heteroatoms. The lowest BCUT2D eigenvalue weighted by Gasteiger charge is -2.04. The second-order valence-electron chi connectivity index (χ2n) is 3.25. The summed E-state index contributed by atoms with van der Waals surface area (Å²) in [4.78, 5) is 21.2. The lowest BCUT2D eigenvalue weighted by atomic mass is 10.3. The van der Waals surface area contributed by atoms with Gasteiger partial charge in [-0.25, -0.2) is 0 Å². The van der Waals surface area contributed by atoms with E-state index in [-0.39, 0.29) is 18.9 Å². The Morgan fingerprint density at radius 1 is 1.33 bits per heavy atom. The fourth-order valence-electron chi connectivity index (χ4n) is 0.936. The van der Waals surface area contributed by atoms with Crippen molar-refractivity contribution in [2.45, 2.75) is 32.6 Å². The molecule has 0 amide bonds. The molecule has 0 aromatic carbocycles. The minimum absolute atomic E-state index is 0.123. The van der Waals surface area contributed by atoms with Crippen molar-refractivity contribution in [2.24, 2.45) is 0 Å². The van der Waals surface area contributed by atoms with Crippen LogP contribution in [-0.4, -0.2) is 36.7 Å². The normalized spacial score (nSPS) is 9.93. The fraction of sp³-hybridized carbons (Fsp3) is 0.800. The molecule has 0 saturated carbocycles. The van der Waals surface area contributed by atoms with E-state index in [1.54, 1.807) is 0 Å². The van der Waals surface area contributed by atoms with E-state index in [0.717, 1.165) is 12.8 Å². The van der Waals surface area contributed by atoms with Gasteiger partial charge in [0.1, 0.15) is 0 Å².